The van der Waals surface area contributed by atoms with E-state index in [1.165, 1.54) is 6.92 Å². The molecule has 0 aliphatic carbocycles. The van der Waals surface area contributed by atoms with Gasteiger partial charge in [0, 0.05) is 10.6 Å². The SMILES string of the molecule is CCOc1ccc(C(=O)[C@H](C)OC(=O)C[C@H](NC(N)=O)c2ccc(Cl)cc2)cc1. The van der Waals surface area contributed by atoms with E-state index >= 15 is 0 Å². The fraction of sp³-hybridized carbons (Fsp3) is 0.286. The van der Waals surface area contributed by atoms with Gasteiger partial charge in [-0.05, 0) is 55.8 Å². The molecule has 0 unspecified atom stereocenters. The molecule has 0 bridgehead atoms. The summed E-state index contributed by atoms with van der Waals surface area (Å²) in [5, 5.41) is 3.01. The molecular formula is C21H23ClN2O5. The lowest BCUT2D eigenvalue weighted by Crippen LogP contribution is -2.35. The van der Waals surface area contributed by atoms with Crippen LogP contribution in [0.15, 0.2) is 48.5 Å². The van der Waals surface area contributed by atoms with Crippen molar-refractivity contribution in [2.45, 2.75) is 32.4 Å². The molecule has 2 atom stereocenters. The van der Waals surface area contributed by atoms with E-state index in [0.29, 0.717) is 28.5 Å². The van der Waals surface area contributed by atoms with Gasteiger partial charge in [0.15, 0.2) is 6.10 Å². The molecule has 0 saturated heterocycles. The fourth-order valence-electron chi connectivity index (χ4n) is 2.70. The zero-order chi connectivity index (χ0) is 21.4. The molecule has 2 rings (SSSR count). The quantitative estimate of drug-likeness (QED) is 0.477. The summed E-state index contributed by atoms with van der Waals surface area (Å²) in [5.74, 6) is -0.338. The van der Waals surface area contributed by atoms with Gasteiger partial charge < -0.3 is 20.5 Å². The smallest absolute Gasteiger partial charge is 0.312 e. The number of Topliss-reactive ketones (excluding diaryl/α,β-unsaturated/α-hetero) is 1. The van der Waals surface area contributed by atoms with Gasteiger partial charge >= 0.3 is 12.0 Å². The highest BCUT2D eigenvalue weighted by atomic mass is 35.5. The summed E-state index contributed by atoms with van der Waals surface area (Å²) in [5.41, 5.74) is 6.24. The number of carbonyl (C=O) groups is 3. The number of rotatable bonds is 9. The van der Waals surface area contributed by atoms with E-state index in [1.807, 2.05) is 6.92 Å². The van der Waals surface area contributed by atoms with Gasteiger partial charge in [0.05, 0.1) is 19.1 Å². The Morgan fingerprint density at radius 1 is 1.07 bits per heavy atom. The molecule has 0 spiro atoms. The van der Waals surface area contributed by atoms with Gasteiger partial charge in [-0.2, -0.15) is 0 Å². The average molecular weight is 419 g/mol. The molecule has 29 heavy (non-hydrogen) atoms. The highest BCUT2D eigenvalue weighted by Crippen LogP contribution is 2.21. The van der Waals surface area contributed by atoms with Crippen LogP contribution in [0.1, 0.15) is 42.2 Å². The van der Waals surface area contributed by atoms with Crippen LogP contribution in [0.2, 0.25) is 5.02 Å². The van der Waals surface area contributed by atoms with Crippen molar-refractivity contribution in [3.05, 3.63) is 64.7 Å². The predicted octanol–water partition coefficient (Wildman–Crippen LogP) is 3.65. The van der Waals surface area contributed by atoms with Crippen LogP contribution in [-0.4, -0.2) is 30.5 Å². The van der Waals surface area contributed by atoms with E-state index in [2.05, 4.69) is 5.32 Å². The van der Waals surface area contributed by atoms with Crippen molar-refractivity contribution >= 4 is 29.4 Å². The number of urea groups is 1. The van der Waals surface area contributed by atoms with E-state index in [0.717, 1.165) is 0 Å². The van der Waals surface area contributed by atoms with Crippen LogP contribution in [0.3, 0.4) is 0 Å². The van der Waals surface area contributed by atoms with E-state index in [4.69, 9.17) is 26.8 Å². The Balaban J connectivity index is 2.01. The van der Waals surface area contributed by atoms with Crippen molar-refractivity contribution in [3.63, 3.8) is 0 Å². The Morgan fingerprint density at radius 2 is 1.69 bits per heavy atom. The van der Waals surface area contributed by atoms with Crippen LogP contribution >= 0.6 is 11.6 Å². The molecular weight excluding hydrogens is 396 g/mol. The molecule has 0 heterocycles. The van der Waals surface area contributed by atoms with E-state index in [1.54, 1.807) is 48.5 Å². The third kappa shape index (κ3) is 6.80. The number of hydrogen-bond donors (Lipinski definition) is 2. The molecule has 8 heteroatoms. The van der Waals surface area contributed by atoms with E-state index in [9.17, 15) is 14.4 Å². The lowest BCUT2D eigenvalue weighted by atomic mass is 10.0. The molecule has 0 aliphatic rings. The van der Waals surface area contributed by atoms with Crippen molar-refractivity contribution in [2.75, 3.05) is 6.61 Å². The van der Waals surface area contributed by atoms with Crippen LogP contribution in [0.5, 0.6) is 5.75 Å². The van der Waals surface area contributed by atoms with Crippen LogP contribution in [0, 0.1) is 0 Å². The minimum Gasteiger partial charge on any atom is -0.494 e. The number of primary amides is 1. The molecule has 0 radical (unpaired) electrons. The molecule has 154 valence electrons. The normalized spacial score (nSPS) is 12.5. The average Bonchev–Trinajstić information content (AvgIpc) is 2.68. The van der Waals surface area contributed by atoms with Crippen molar-refractivity contribution in [1.29, 1.82) is 0 Å². The first-order valence-electron chi connectivity index (χ1n) is 9.08. The summed E-state index contributed by atoms with van der Waals surface area (Å²) in [7, 11) is 0. The number of halogens is 1. The Bertz CT molecular complexity index is 852. The third-order valence-corrected chi connectivity index (χ3v) is 4.34. The highest BCUT2D eigenvalue weighted by molar-refractivity contribution is 6.30. The zero-order valence-corrected chi connectivity index (χ0v) is 16.9. The molecule has 2 amide bonds. The maximum absolute atomic E-state index is 12.5. The molecule has 7 nitrogen and oxygen atoms in total. The van der Waals surface area contributed by atoms with Crippen LogP contribution in [-0.2, 0) is 9.53 Å². The molecule has 2 aromatic carbocycles. The fourth-order valence-corrected chi connectivity index (χ4v) is 2.83. The van der Waals surface area contributed by atoms with Gasteiger partial charge in [-0.1, -0.05) is 23.7 Å². The van der Waals surface area contributed by atoms with E-state index in [-0.39, 0.29) is 12.2 Å². The van der Waals surface area contributed by atoms with Crippen molar-refractivity contribution in [1.82, 2.24) is 5.32 Å². The summed E-state index contributed by atoms with van der Waals surface area (Å²) in [6.45, 7) is 3.88. The predicted molar refractivity (Wildman–Crippen MR) is 109 cm³/mol. The summed E-state index contributed by atoms with van der Waals surface area (Å²) in [6.07, 6.45) is -1.18. The third-order valence-electron chi connectivity index (χ3n) is 4.09. The summed E-state index contributed by atoms with van der Waals surface area (Å²) in [6, 6.07) is 11.7. The first kappa shape index (κ1) is 22.2. The van der Waals surface area contributed by atoms with Crippen LogP contribution in [0.25, 0.3) is 0 Å². The minimum absolute atomic E-state index is 0.189. The first-order chi connectivity index (χ1) is 13.8. The first-order valence-corrected chi connectivity index (χ1v) is 9.46. The van der Waals surface area contributed by atoms with Gasteiger partial charge in [0.2, 0.25) is 5.78 Å². The van der Waals surface area contributed by atoms with Crippen LogP contribution in [0.4, 0.5) is 4.79 Å². The number of carbonyl (C=O) groups excluding carboxylic acids is 3. The lowest BCUT2D eigenvalue weighted by Gasteiger charge is -2.19. The minimum atomic E-state index is -0.986. The number of esters is 1. The number of ketones is 1. The van der Waals surface area contributed by atoms with E-state index < -0.39 is 24.1 Å². The van der Waals surface area contributed by atoms with Crippen molar-refractivity contribution < 1.29 is 23.9 Å². The molecule has 0 aliphatic heterocycles. The molecule has 2 aromatic rings. The summed E-state index contributed by atoms with van der Waals surface area (Å²) < 4.78 is 10.6. The van der Waals surface area contributed by atoms with Gasteiger partial charge in [0.25, 0.3) is 0 Å². The van der Waals surface area contributed by atoms with Crippen molar-refractivity contribution in [3.8, 4) is 5.75 Å². The Labute approximate surface area is 174 Å². The number of amides is 2. The van der Waals surface area contributed by atoms with Crippen molar-refractivity contribution in [2.24, 2.45) is 5.73 Å². The monoisotopic (exact) mass is 418 g/mol. The molecule has 0 saturated carbocycles. The second-order valence-corrected chi connectivity index (χ2v) is 6.71. The largest absolute Gasteiger partial charge is 0.494 e. The van der Waals surface area contributed by atoms with Gasteiger partial charge in [-0.3, -0.25) is 9.59 Å². The summed E-state index contributed by atoms with van der Waals surface area (Å²) in [4.78, 5) is 36.1. The summed E-state index contributed by atoms with van der Waals surface area (Å²) >= 11 is 5.87. The van der Waals surface area contributed by atoms with Gasteiger partial charge in [-0.15, -0.1) is 0 Å². The van der Waals surface area contributed by atoms with Gasteiger partial charge in [-0.25, -0.2) is 4.79 Å². The second kappa shape index (κ2) is 10.5. The number of ether oxygens (including phenoxy) is 2. The molecule has 0 fully saturated rings. The number of benzene rings is 2. The molecule has 0 aromatic heterocycles. The van der Waals surface area contributed by atoms with Crippen LogP contribution < -0.4 is 15.8 Å². The maximum Gasteiger partial charge on any atom is 0.312 e. The van der Waals surface area contributed by atoms with Gasteiger partial charge in [0.1, 0.15) is 5.75 Å². The Hall–Kier alpha value is -3.06. The number of nitrogens with two attached hydrogens (primary N) is 1. The number of hydrogen-bond acceptors (Lipinski definition) is 5. The highest BCUT2D eigenvalue weighted by Gasteiger charge is 2.23. The Morgan fingerprint density at radius 3 is 2.24 bits per heavy atom. The lowest BCUT2D eigenvalue weighted by molar-refractivity contribution is -0.146. The second-order valence-electron chi connectivity index (χ2n) is 6.27. The molecule has 3 N–H and O–H groups in total. The standard InChI is InChI=1S/C21H23ClN2O5/c1-3-28-17-10-6-15(7-11-17)20(26)13(2)29-19(25)12-18(24-21(23)27)14-4-8-16(22)9-5-14/h4-11,13,18H,3,12H2,1-2H3,(H3,23,24,27)/t13-,18-/m0/s1. The number of nitrogens with one attached hydrogen (secondary N) is 1. The topological polar surface area (TPSA) is 108 Å². The maximum atomic E-state index is 12.5. The Kier molecular flexibility index (Phi) is 8.03. The zero-order valence-electron chi connectivity index (χ0n) is 16.2.